The predicted molar refractivity (Wildman–Crippen MR) is 115 cm³/mol. The normalized spacial score (nSPS) is 27.4. The standard InChI is InChI=1S/C19H36N4O.HI/c1-20-19(22-12-9-18(24)10-13-22)21-14-17-8-5-11-23(17)15-16-6-3-2-4-7-16;/h16-18,24H,2-15H2,1H3,(H,20,21);1H. The summed E-state index contributed by atoms with van der Waals surface area (Å²) in [4.78, 5) is 9.50. The van der Waals surface area contributed by atoms with Crippen molar-refractivity contribution >= 4 is 29.9 Å². The number of aliphatic hydroxyl groups is 1. The molecule has 1 unspecified atom stereocenters. The predicted octanol–water partition coefficient (Wildman–Crippen LogP) is 2.68. The Hall–Kier alpha value is -0.0800. The highest BCUT2D eigenvalue weighted by Gasteiger charge is 2.28. The second kappa shape index (κ2) is 10.9. The molecule has 1 saturated carbocycles. The van der Waals surface area contributed by atoms with Gasteiger partial charge in [-0.25, -0.2) is 0 Å². The Labute approximate surface area is 170 Å². The molecule has 2 aliphatic heterocycles. The van der Waals surface area contributed by atoms with Crippen molar-refractivity contribution in [2.75, 3.05) is 39.8 Å². The van der Waals surface area contributed by atoms with Gasteiger partial charge in [0.2, 0.25) is 0 Å². The van der Waals surface area contributed by atoms with E-state index >= 15 is 0 Å². The van der Waals surface area contributed by atoms with Gasteiger partial charge in [0.25, 0.3) is 0 Å². The van der Waals surface area contributed by atoms with Crippen LogP contribution < -0.4 is 5.32 Å². The van der Waals surface area contributed by atoms with Crippen LogP contribution in [0, 0.1) is 5.92 Å². The molecule has 2 heterocycles. The van der Waals surface area contributed by atoms with Crippen LogP contribution in [-0.2, 0) is 0 Å². The molecular weight excluding hydrogens is 427 g/mol. The Morgan fingerprint density at radius 1 is 1.00 bits per heavy atom. The number of nitrogens with zero attached hydrogens (tertiary/aromatic N) is 3. The highest BCUT2D eigenvalue weighted by atomic mass is 127. The number of likely N-dealkylation sites (tertiary alicyclic amines) is 2. The van der Waals surface area contributed by atoms with Crippen LogP contribution in [0.2, 0.25) is 0 Å². The number of aliphatic imine (C=N–C) groups is 1. The average Bonchev–Trinajstić information content (AvgIpc) is 3.05. The summed E-state index contributed by atoms with van der Waals surface area (Å²) in [5, 5.41) is 13.3. The molecule has 6 heteroatoms. The molecule has 1 atom stereocenters. The molecule has 25 heavy (non-hydrogen) atoms. The number of halogens is 1. The van der Waals surface area contributed by atoms with E-state index < -0.39 is 0 Å². The Balaban J connectivity index is 0.00000225. The van der Waals surface area contributed by atoms with Crippen molar-refractivity contribution in [3.8, 4) is 0 Å². The molecule has 3 fully saturated rings. The van der Waals surface area contributed by atoms with Gasteiger partial charge in [-0.2, -0.15) is 0 Å². The molecule has 5 nitrogen and oxygen atoms in total. The fourth-order valence-corrected chi connectivity index (χ4v) is 4.69. The Morgan fingerprint density at radius 2 is 1.72 bits per heavy atom. The number of hydrogen-bond donors (Lipinski definition) is 2. The van der Waals surface area contributed by atoms with Crippen LogP contribution in [0.15, 0.2) is 4.99 Å². The van der Waals surface area contributed by atoms with Crippen molar-refractivity contribution in [2.45, 2.75) is 69.9 Å². The average molecular weight is 464 g/mol. The van der Waals surface area contributed by atoms with Gasteiger partial charge in [0.05, 0.1) is 6.10 Å². The van der Waals surface area contributed by atoms with Gasteiger partial charge in [-0.1, -0.05) is 19.3 Å². The maximum Gasteiger partial charge on any atom is 0.193 e. The van der Waals surface area contributed by atoms with Crippen LogP contribution in [0.4, 0.5) is 0 Å². The van der Waals surface area contributed by atoms with E-state index in [-0.39, 0.29) is 30.1 Å². The summed E-state index contributed by atoms with van der Waals surface area (Å²) >= 11 is 0. The van der Waals surface area contributed by atoms with E-state index in [2.05, 4.69) is 20.1 Å². The SMILES string of the molecule is CN=C(NCC1CCCN1CC1CCCCC1)N1CCC(O)CC1.I. The monoisotopic (exact) mass is 464 g/mol. The van der Waals surface area contributed by atoms with E-state index in [4.69, 9.17) is 0 Å². The van der Waals surface area contributed by atoms with E-state index in [0.29, 0.717) is 6.04 Å². The van der Waals surface area contributed by atoms with Crippen molar-refractivity contribution in [1.29, 1.82) is 0 Å². The second-order valence-electron chi connectivity index (χ2n) is 7.94. The summed E-state index contributed by atoms with van der Waals surface area (Å²) < 4.78 is 0. The zero-order chi connectivity index (χ0) is 16.8. The summed E-state index contributed by atoms with van der Waals surface area (Å²) in [5.74, 6) is 1.95. The minimum Gasteiger partial charge on any atom is -0.393 e. The van der Waals surface area contributed by atoms with E-state index in [1.807, 2.05) is 7.05 Å². The molecule has 3 rings (SSSR count). The van der Waals surface area contributed by atoms with Crippen molar-refractivity contribution in [3.05, 3.63) is 0 Å². The van der Waals surface area contributed by atoms with Gasteiger partial charge < -0.3 is 15.3 Å². The summed E-state index contributed by atoms with van der Waals surface area (Å²) in [6.45, 7) is 5.42. The zero-order valence-electron chi connectivity index (χ0n) is 15.8. The van der Waals surface area contributed by atoms with Crippen LogP contribution in [0.25, 0.3) is 0 Å². The van der Waals surface area contributed by atoms with Crippen LogP contribution >= 0.6 is 24.0 Å². The number of aliphatic hydroxyl groups excluding tert-OH is 1. The Kier molecular flexibility index (Phi) is 9.27. The Morgan fingerprint density at radius 3 is 2.40 bits per heavy atom. The van der Waals surface area contributed by atoms with Crippen molar-refractivity contribution in [2.24, 2.45) is 10.9 Å². The lowest BCUT2D eigenvalue weighted by Gasteiger charge is -2.34. The second-order valence-corrected chi connectivity index (χ2v) is 7.94. The molecule has 0 radical (unpaired) electrons. The molecule has 0 bridgehead atoms. The van der Waals surface area contributed by atoms with E-state index in [1.165, 1.54) is 58.0 Å². The van der Waals surface area contributed by atoms with Crippen molar-refractivity contribution < 1.29 is 5.11 Å². The number of rotatable bonds is 4. The van der Waals surface area contributed by atoms with Crippen LogP contribution in [0.3, 0.4) is 0 Å². The molecule has 0 aromatic heterocycles. The fourth-order valence-electron chi connectivity index (χ4n) is 4.69. The van der Waals surface area contributed by atoms with Gasteiger partial charge in [0, 0.05) is 39.3 Å². The van der Waals surface area contributed by atoms with Crippen LogP contribution in [0.5, 0.6) is 0 Å². The largest absolute Gasteiger partial charge is 0.393 e. The number of nitrogens with one attached hydrogen (secondary N) is 1. The lowest BCUT2D eigenvalue weighted by molar-refractivity contribution is 0.107. The lowest BCUT2D eigenvalue weighted by atomic mass is 9.89. The van der Waals surface area contributed by atoms with Crippen molar-refractivity contribution in [3.63, 3.8) is 0 Å². The maximum atomic E-state index is 9.68. The first kappa shape index (κ1) is 21.2. The molecule has 0 amide bonds. The number of hydrogen-bond acceptors (Lipinski definition) is 3. The van der Waals surface area contributed by atoms with Crippen LogP contribution in [-0.4, -0.2) is 72.8 Å². The number of piperidine rings is 1. The first-order valence-electron chi connectivity index (χ1n) is 10.1. The summed E-state index contributed by atoms with van der Waals surface area (Å²) in [5.41, 5.74) is 0. The molecular formula is C19H37IN4O. The van der Waals surface area contributed by atoms with E-state index in [0.717, 1.165) is 44.4 Å². The first-order chi connectivity index (χ1) is 11.8. The molecule has 1 aliphatic carbocycles. The lowest BCUT2D eigenvalue weighted by Crippen LogP contribution is -2.50. The highest BCUT2D eigenvalue weighted by Crippen LogP contribution is 2.27. The molecule has 0 spiro atoms. The van der Waals surface area contributed by atoms with Gasteiger partial charge in [-0.05, 0) is 51.0 Å². The van der Waals surface area contributed by atoms with Gasteiger partial charge in [0.15, 0.2) is 5.96 Å². The van der Waals surface area contributed by atoms with Gasteiger partial charge in [0.1, 0.15) is 0 Å². The third-order valence-corrected chi connectivity index (χ3v) is 6.19. The number of guanidine groups is 1. The topological polar surface area (TPSA) is 51.1 Å². The molecule has 2 saturated heterocycles. The summed E-state index contributed by atoms with van der Waals surface area (Å²) in [6, 6.07) is 0.666. The highest BCUT2D eigenvalue weighted by molar-refractivity contribution is 14.0. The van der Waals surface area contributed by atoms with Crippen molar-refractivity contribution in [1.82, 2.24) is 15.1 Å². The summed E-state index contributed by atoms with van der Waals surface area (Å²) in [7, 11) is 1.88. The van der Waals surface area contributed by atoms with Crippen LogP contribution in [0.1, 0.15) is 57.8 Å². The molecule has 0 aromatic rings. The molecule has 3 aliphatic rings. The molecule has 146 valence electrons. The van der Waals surface area contributed by atoms with E-state index in [1.54, 1.807) is 0 Å². The van der Waals surface area contributed by atoms with Gasteiger partial charge in [-0.15, -0.1) is 24.0 Å². The smallest absolute Gasteiger partial charge is 0.193 e. The third kappa shape index (κ3) is 6.24. The first-order valence-corrected chi connectivity index (χ1v) is 10.1. The Bertz CT molecular complexity index is 406. The minimum atomic E-state index is -0.125. The molecule has 2 N–H and O–H groups in total. The maximum absolute atomic E-state index is 9.68. The third-order valence-electron chi connectivity index (χ3n) is 6.19. The zero-order valence-corrected chi connectivity index (χ0v) is 18.2. The summed E-state index contributed by atoms with van der Waals surface area (Å²) in [6.07, 6.45) is 11.5. The quantitative estimate of drug-likeness (QED) is 0.382. The van der Waals surface area contributed by atoms with Gasteiger partial charge >= 0.3 is 0 Å². The molecule has 0 aromatic carbocycles. The minimum absolute atomic E-state index is 0. The fraction of sp³-hybridized carbons (Fsp3) is 0.947. The van der Waals surface area contributed by atoms with E-state index in [9.17, 15) is 5.11 Å². The van der Waals surface area contributed by atoms with Gasteiger partial charge in [-0.3, -0.25) is 9.89 Å².